The van der Waals surface area contributed by atoms with Crippen molar-refractivity contribution in [2.45, 2.75) is 75.5 Å². The summed E-state index contributed by atoms with van der Waals surface area (Å²) in [6.45, 7) is 11.7. The Morgan fingerprint density at radius 2 is 1.77 bits per heavy atom. The molecule has 0 bridgehead atoms. The molecule has 71 heavy (non-hydrogen) atoms. The molecule has 3 aromatic carbocycles. The molecule has 2 atom stereocenters. The lowest BCUT2D eigenvalue weighted by molar-refractivity contribution is 0.0264. The SMILES string of the molecule is CN1CCC(Nc2ccc(S(=O)(=O)NC(=O)c3ccc(N4CCN5CC6=C(c7ccc(Cl)cc7)CC(C)(C)C[C@H]6OCCCOCC5C4)cc3N3CCCOc4nc5[nH]ccc5cc43)cc2N([O-])O)CC1. The van der Waals surface area contributed by atoms with Crippen LogP contribution in [0.15, 0.2) is 89.5 Å². The number of halogens is 1. The maximum atomic E-state index is 14.6. The Hall–Kier alpha value is -5.44. The fourth-order valence-corrected chi connectivity index (χ4v) is 11.9. The van der Waals surface area contributed by atoms with Gasteiger partial charge in [-0.05, 0) is 141 Å². The zero-order valence-corrected chi connectivity index (χ0v) is 42.1. The average molecular weight is 1010 g/mol. The van der Waals surface area contributed by atoms with E-state index in [1.807, 2.05) is 48.3 Å². The van der Waals surface area contributed by atoms with Crippen molar-refractivity contribution in [3.05, 3.63) is 106 Å². The Balaban J connectivity index is 0.972. The predicted octanol–water partition coefficient (Wildman–Crippen LogP) is 8.03. The summed E-state index contributed by atoms with van der Waals surface area (Å²) in [7, 11) is -2.54. The fraction of sp³-hybridized carbons (Fsp3) is 0.462. The van der Waals surface area contributed by atoms with Crippen molar-refractivity contribution in [1.82, 2.24) is 24.5 Å². The highest BCUT2D eigenvalue weighted by Gasteiger charge is 2.39. The molecule has 1 unspecified atom stereocenters. The highest BCUT2D eigenvalue weighted by Crippen LogP contribution is 2.46. The predicted molar refractivity (Wildman–Crippen MR) is 277 cm³/mol. The standard InChI is InChI=1S/C52H63ClN9O8S/c1-52(2)29-42(34-6-8-36(53)9-7-34)43-32-60-22-21-59(31-39(60)33-68-23-5-25-69-48(43)30-52)38-10-12-41(45(27-38)61-18-4-24-70-51-47(61)26-35-14-17-54-49(35)56-51)50(63)57-71(66,67)40-11-13-44(46(28-40)62(64)65)55-37-15-19-58(3)20-16-37/h6-14,17,26-28,37,39,48,55,64H,4-5,15-16,18-25,29-33H2,1-3H3,(H,54,56)(H,57,63)/q-1/t39?,48-/m1/s1. The topological polar surface area (TPSA) is 191 Å². The number of benzene rings is 3. The van der Waals surface area contributed by atoms with Crippen LogP contribution in [0.3, 0.4) is 0 Å². The minimum Gasteiger partial charge on any atom is -0.733 e. The highest BCUT2D eigenvalue weighted by molar-refractivity contribution is 7.90. The first kappa shape index (κ1) is 49.2. The molecule has 0 saturated carbocycles. The molecule has 3 fully saturated rings. The summed E-state index contributed by atoms with van der Waals surface area (Å²) in [5.74, 6) is -0.482. The number of aromatic nitrogens is 2. The molecule has 4 aliphatic heterocycles. The molecule has 0 radical (unpaired) electrons. The van der Waals surface area contributed by atoms with Crippen LogP contribution in [-0.2, 0) is 19.5 Å². The second kappa shape index (κ2) is 20.6. The molecule has 3 saturated heterocycles. The van der Waals surface area contributed by atoms with Gasteiger partial charge in [-0.2, -0.15) is 4.98 Å². The Bertz CT molecular complexity index is 2890. The number of aromatic amines is 1. The molecular formula is C52H63ClN9O8S-. The minimum atomic E-state index is -4.57. The smallest absolute Gasteiger partial charge is 0.267 e. The van der Waals surface area contributed by atoms with E-state index in [1.165, 1.54) is 28.8 Å². The van der Waals surface area contributed by atoms with E-state index in [2.05, 4.69) is 55.7 Å². The second-order valence-corrected chi connectivity index (χ2v) is 22.4. The monoisotopic (exact) mass is 1010 g/mol. The van der Waals surface area contributed by atoms with Crippen molar-refractivity contribution in [3.8, 4) is 5.88 Å². The number of H-pyrrole nitrogens is 1. The number of piperidine rings is 1. The van der Waals surface area contributed by atoms with Crippen LogP contribution < -0.4 is 29.8 Å². The van der Waals surface area contributed by atoms with Crippen molar-refractivity contribution in [3.63, 3.8) is 0 Å². The minimum absolute atomic E-state index is 0.0196. The number of likely N-dealkylation sites (tertiary alicyclic amines) is 1. The number of nitrogens with one attached hydrogen (secondary N) is 3. The first-order valence-corrected chi connectivity index (χ1v) is 26.6. The molecule has 17 nitrogen and oxygen atoms in total. The lowest BCUT2D eigenvalue weighted by atomic mass is 9.71. The van der Waals surface area contributed by atoms with Crippen molar-refractivity contribution in [2.24, 2.45) is 5.41 Å². The Kier molecular flexibility index (Phi) is 14.3. The summed E-state index contributed by atoms with van der Waals surface area (Å²) in [5.41, 5.74) is 6.58. The molecular weight excluding hydrogens is 946 g/mol. The summed E-state index contributed by atoms with van der Waals surface area (Å²) in [6.07, 6.45) is 6.62. The number of piperazine rings is 1. The molecule has 5 aromatic rings. The third-order valence-corrected chi connectivity index (χ3v) is 16.2. The average Bonchev–Trinajstić information content (AvgIpc) is 3.69. The number of carbonyl (C=O) groups is 1. The molecule has 378 valence electrons. The van der Waals surface area contributed by atoms with E-state index >= 15 is 0 Å². The number of amides is 1. The Labute approximate surface area is 420 Å². The second-order valence-electron chi connectivity index (χ2n) is 20.3. The van der Waals surface area contributed by atoms with Gasteiger partial charge >= 0.3 is 0 Å². The number of sulfonamides is 1. The van der Waals surface area contributed by atoms with Crippen LogP contribution in [0.1, 0.15) is 68.3 Å². The zero-order valence-electron chi connectivity index (χ0n) is 40.5. The molecule has 0 spiro atoms. The zero-order chi connectivity index (χ0) is 49.4. The Morgan fingerprint density at radius 3 is 2.58 bits per heavy atom. The number of anilines is 5. The van der Waals surface area contributed by atoms with E-state index in [0.29, 0.717) is 80.4 Å². The van der Waals surface area contributed by atoms with Crippen molar-refractivity contribution < 1.29 is 32.6 Å². The van der Waals surface area contributed by atoms with Gasteiger partial charge in [0.25, 0.3) is 15.9 Å². The van der Waals surface area contributed by atoms with E-state index in [4.69, 9.17) is 30.8 Å². The number of carbonyl (C=O) groups excluding carboxylic acids is 1. The third kappa shape index (κ3) is 10.9. The molecule has 2 aromatic heterocycles. The van der Waals surface area contributed by atoms with Crippen LogP contribution >= 0.6 is 11.6 Å². The van der Waals surface area contributed by atoms with Gasteiger partial charge in [-0.15, -0.1) is 0 Å². The van der Waals surface area contributed by atoms with E-state index in [9.17, 15) is 23.6 Å². The van der Waals surface area contributed by atoms with Gasteiger partial charge in [-0.25, -0.2) is 13.1 Å². The van der Waals surface area contributed by atoms with Crippen LogP contribution in [0.5, 0.6) is 5.88 Å². The largest absolute Gasteiger partial charge is 0.733 e. The van der Waals surface area contributed by atoms with Crippen molar-refractivity contribution in [1.29, 1.82) is 0 Å². The van der Waals surface area contributed by atoms with Crippen LogP contribution in [0.4, 0.5) is 28.4 Å². The molecule has 1 amide bonds. The van der Waals surface area contributed by atoms with Gasteiger partial charge in [0.05, 0.1) is 52.9 Å². The maximum absolute atomic E-state index is 14.6. The summed E-state index contributed by atoms with van der Waals surface area (Å²) in [6, 6.07) is 21.4. The van der Waals surface area contributed by atoms with Crippen LogP contribution in [-0.4, -0.2) is 137 Å². The first-order chi connectivity index (χ1) is 34.2. The number of pyridine rings is 1. The summed E-state index contributed by atoms with van der Waals surface area (Å²) in [5, 5.41) is 27.1. The normalized spacial score (nSPS) is 21.8. The maximum Gasteiger partial charge on any atom is 0.267 e. The number of allylic oxidation sites excluding steroid dienone is 1. The summed E-state index contributed by atoms with van der Waals surface area (Å²) in [4.78, 5) is 31.2. The van der Waals surface area contributed by atoms with Gasteiger partial charge in [0.1, 0.15) is 11.3 Å². The molecule has 6 heterocycles. The third-order valence-electron chi connectivity index (χ3n) is 14.6. The Morgan fingerprint density at radius 1 is 0.958 bits per heavy atom. The number of hydrogen-bond acceptors (Lipinski definition) is 15. The van der Waals surface area contributed by atoms with E-state index in [0.717, 1.165) is 75.4 Å². The molecule has 4 N–H and O–H groups in total. The number of ether oxygens (including phenoxy) is 3. The highest BCUT2D eigenvalue weighted by atomic mass is 35.5. The number of rotatable bonds is 9. The lowest BCUT2D eigenvalue weighted by Gasteiger charge is -2.45. The van der Waals surface area contributed by atoms with Crippen LogP contribution in [0.2, 0.25) is 5.02 Å². The van der Waals surface area contributed by atoms with Gasteiger partial charge in [-0.1, -0.05) is 37.6 Å². The van der Waals surface area contributed by atoms with Crippen molar-refractivity contribution >= 4 is 72.6 Å². The van der Waals surface area contributed by atoms with Gasteiger partial charge in [0.15, 0.2) is 0 Å². The van der Waals surface area contributed by atoms with Crippen LogP contribution in [0.25, 0.3) is 16.6 Å². The molecule has 10 rings (SSSR count). The van der Waals surface area contributed by atoms with E-state index < -0.39 is 15.9 Å². The number of hydrogen-bond donors (Lipinski definition) is 4. The molecule has 5 aliphatic rings. The molecule has 19 heteroatoms. The number of fused-ring (bicyclic) bond motifs is 4. The summed E-state index contributed by atoms with van der Waals surface area (Å²) >= 11 is 6.38. The fourth-order valence-electron chi connectivity index (χ4n) is 10.8. The quantitative estimate of drug-likeness (QED) is 0.104. The van der Waals surface area contributed by atoms with Gasteiger partial charge < -0.3 is 49.6 Å². The van der Waals surface area contributed by atoms with E-state index in [-0.39, 0.29) is 50.7 Å². The van der Waals surface area contributed by atoms with Gasteiger partial charge in [-0.3, -0.25) is 14.9 Å². The lowest BCUT2D eigenvalue weighted by Crippen LogP contribution is -2.56. The van der Waals surface area contributed by atoms with Gasteiger partial charge in [0.2, 0.25) is 5.88 Å². The van der Waals surface area contributed by atoms with Crippen molar-refractivity contribution in [2.75, 3.05) is 99.6 Å². The van der Waals surface area contributed by atoms with Crippen LogP contribution in [0, 0.1) is 10.6 Å². The first-order valence-electron chi connectivity index (χ1n) is 24.7. The van der Waals surface area contributed by atoms with Gasteiger partial charge in [0, 0.05) is 74.3 Å². The summed E-state index contributed by atoms with van der Waals surface area (Å²) < 4.78 is 49.8. The number of nitrogens with zero attached hydrogens (tertiary/aromatic N) is 6. The molecule has 1 aliphatic carbocycles. The van der Waals surface area contributed by atoms with E-state index in [1.54, 1.807) is 12.3 Å².